The SMILES string of the molecule is COc1ccc(OC2CCN(C3CCCC3)CC2)c(C(=O)N2CCCOCC2)c1. The van der Waals surface area contributed by atoms with Crippen LogP contribution in [-0.2, 0) is 4.74 Å². The van der Waals surface area contributed by atoms with E-state index < -0.39 is 0 Å². The van der Waals surface area contributed by atoms with Gasteiger partial charge in [-0.05, 0) is 50.3 Å². The number of ether oxygens (including phenoxy) is 3. The predicted octanol–water partition coefficient (Wildman–Crippen LogP) is 3.34. The molecule has 3 aliphatic rings. The molecular formula is C23H34N2O4. The van der Waals surface area contributed by atoms with Crippen LogP contribution in [0.1, 0.15) is 55.3 Å². The second kappa shape index (κ2) is 9.81. The van der Waals surface area contributed by atoms with Gasteiger partial charge in [-0.2, -0.15) is 0 Å². The fourth-order valence-electron chi connectivity index (χ4n) is 4.83. The summed E-state index contributed by atoms with van der Waals surface area (Å²) in [6.07, 6.45) is 8.53. The lowest BCUT2D eigenvalue weighted by atomic mass is 10.0. The van der Waals surface area contributed by atoms with Crippen LogP contribution in [0.4, 0.5) is 0 Å². The average molecular weight is 403 g/mol. The van der Waals surface area contributed by atoms with Crippen LogP contribution in [0.15, 0.2) is 18.2 Å². The molecule has 29 heavy (non-hydrogen) atoms. The smallest absolute Gasteiger partial charge is 0.257 e. The van der Waals surface area contributed by atoms with Gasteiger partial charge in [0.1, 0.15) is 17.6 Å². The summed E-state index contributed by atoms with van der Waals surface area (Å²) in [5, 5.41) is 0. The molecule has 2 saturated heterocycles. The third-order valence-corrected chi connectivity index (χ3v) is 6.54. The summed E-state index contributed by atoms with van der Waals surface area (Å²) in [6.45, 7) is 4.83. The summed E-state index contributed by atoms with van der Waals surface area (Å²) in [6, 6.07) is 6.37. The molecule has 2 aliphatic heterocycles. The van der Waals surface area contributed by atoms with Crippen molar-refractivity contribution in [2.75, 3.05) is 46.5 Å². The summed E-state index contributed by atoms with van der Waals surface area (Å²) < 4.78 is 17.3. The maximum Gasteiger partial charge on any atom is 0.257 e. The second-order valence-corrected chi connectivity index (χ2v) is 8.41. The first-order chi connectivity index (χ1) is 14.2. The van der Waals surface area contributed by atoms with E-state index in [4.69, 9.17) is 14.2 Å². The molecule has 6 heteroatoms. The van der Waals surface area contributed by atoms with Crippen LogP contribution in [0.3, 0.4) is 0 Å². The van der Waals surface area contributed by atoms with Crippen LogP contribution in [-0.4, -0.2) is 74.4 Å². The van der Waals surface area contributed by atoms with Crippen molar-refractivity contribution in [2.24, 2.45) is 0 Å². The molecular weight excluding hydrogens is 368 g/mol. The Hall–Kier alpha value is -1.79. The molecule has 1 saturated carbocycles. The van der Waals surface area contributed by atoms with Crippen LogP contribution in [0.5, 0.6) is 11.5 Å². The number of piperidine rings is 1. The van der Waals surface area contributed by atoms with E-state index in [1.54, 1.807) is 7.11 Å². The van der Waals surface area contributed by atoms with Crippen LogP contribution in [0.25, 0.3) is 0 Å². The lowest BCUT2D eigenvalue weighted by molar-refractivity contribution is 0.0686. The minimum absolute atomic E-state index is 0.00721. The Labute approximate surface area is 174 Å². The summed E-state index contributed by atoms with van der Waals surface area (Å²) >= 11 is 0. The number of nitrogens with zero attached hydrogens (tertiary/aromatic N) is 2. The maximum absolute atomic E-state index is 13.2. The number of amides is 1. The molecule has 1 aliphatic carbocycles. The molecule has 160 valence electrons. The summed E-state index contributed by atoms with van der Waals surface area (Å²) in [7, 11) is 1.63. The van der Waals surface area contributed by atoms with Crippen molar-refractivity contribution in [1.82, 2.24) is 9.80 Å². The van der Waals surface area contributed by atoms with Gasteiger partial charge in [0.25, 0.3) is 5.91 Å². The van der Waals surface area contributed by atoms with Crippen LogP contribution in [0, 0.1) is 0 Å². The molecule has 0 N–H and O–H groups in total. The quantitative estimate of drug-likeness (QED) is 0.756. The van der Waals surface area contributed by atoms with Gasteiger partial charge in [-0.25, -0.2) is 0 Å². The second-order valence-electron chi connectivity index (χ2n) is 8.41. The number of methoxy groups -OCH3 is 1. The molecule has 0 unspecified atom stereocenters. The molecule has 3 fully saturated rings. The molecule has 0 radical (unpaired) electrons. The first-order valence-electron chi connectivity index (χ1n) is 11.2. The molecule has 1 aromatic carbocycles. The minimum atomic E-state index is 0.00721. The zero-order valence-corrected chi connectivity index (χ0v) is 17.6. The highest BCUT2D eigenvalue weighted by Gasteiger charge is 2.29. The predicted molar refractivity (Wildman–Crippen MR) is 112 cm³/mol. The third kappa shape index (κ3) is 5.04. The number of hydrogen-bond donors (Lipinski definition) is 0. The summed E-state index contributed by atoms with van der Waals surface area (Å²) in [5.41, 5.74) is 0.601. The fourth-order valence-corrected chi connectivity index (χ4v) is 4.83. The van der Waals surface area contributed by atoms with Gasteiger partial charge in [0.15, 0.2) is 0 Å². The Bertz CT molecular complexity index is 673. The standard InChI is InChI=1S/C23H34N2O4/c1-27-20-7-8-22(21(17-20)23(26)25-11-4-15-28-16-14-25)29-19-9-12-24(13-10-19)18-5-2-3-6-18/h7-8,17-19H,2-6,9-16H2,1H3. The zero-order chi connectivity index (χ0) is 20.1. The number of hydrogen-bond acceptors (Lipinski definition) is 5. The topological polar surface area (TPSA) is 51.2 Å². The molecule has 1 aromatic rings. The van der Waals surface area contributed by atoms with Crippen molar-refractivity contribution in [3.8, 4) is 11.5 Å². The van der Waals surface area contributed by atoms with Gasteiger partial charge in [-0.15, -0.1) is 0 Å². The highest BCUT2D eigenvalue weighted by atomic mass is 16.5. The van der Waals surface area contributed by atoms with Gasteiger partial charge < -0.3 is 24.0 Å². The van der Waals surface area contributed by atoms with Crippen molar-refractivity contribution < 1.29 is 19.0 Å². The monoisotopic (exact) mass is 402 g/mol. The molecule has 1 amide bonds. The van der Waals surface area contributed by atoms with E-state index >= 15 is 0 Å². The Kier molecular flexibility index (Phi) is 6.93. The summed E-state index contributed by atoms with van der Waals surface area (Å²) in [4.78, 5) is 17.8. The van der Waals surface area contributed by atoms with Crippen molar-refractivity contribution in [3.05, 3.63) is 23.8 Å². The number of carbonyl (C=O) groups is 1. The molecule has 6 nitrogen and oxygen atoms in total. The van der Waals surface area contributed by atoms with Gasteiger partial charge in [-0.3, -0.25) is 4.79 Å². The van der Waals surface area contributed by atoms with Crippen LogP contribution < -0.4 is 9.47 Å². The van der Waals surface area contributed by atoms with E-state index in [2.05, 4.69) is 4.90 Å². The molecule has 0 spiro atoms. The number of benzene rings is 1. The van der Waals surface area contributed by atoms with Gasteiger partial charge >= 0.3 is 0 Å². The minimum Gasteiger partial charge on any atom is -0.497 e. The van der Waals surface area contributed by atoms with Crippen molar-refractivity contribution >= 4 is 5.91 Å². The first kappa shape index (κ1) is 20.5. The lowest BCUT2D eigenvalue weighted by Gasteiger charge is -2.36. The van der Waals surface area contributed by atoms with Gasteiger partial charge in [-0.1, -0.05) is 12.8 Å². The highest BCUT2D eigenvalue weighted by Crippen LogP contribution is 2.30. The Morgan fingerprint density at radius 1 is 1.00 bits per heavy atom. The van der Waals surface area contributed by atoms with Crippen LogP contribution in [0.2, 0.25) is 0 Å². The largest absolute Gasteiger partial charge is 0.497 e. The average Bonchev–Trinajstić information content (AvgIpc) is 3.16. The van der Waals surface area contributed by atoms with Gasteiger partial charge in [0.2, 0.25) is 0 Å². The van der Waals surface area contributed by atoms with Crippen LogP contribution >= 0.6 is 0 Å². The zero-order valence-electron chi connectivity index (χ0n) is 17.6. The first-order valence-corrected chi connectivity index (χ1v) is 11.2. The van der Waals surface area contributed by atoms with E-state index in [1.807, 2.05) is 23.1 Å². The number of likely N-dealkylation sites (tertiary alicyclic amines) is 1. The molecule has 0 bridgehead atoms. The van der Waals surface area contributed by atoms with Gasteiger partial charge in [0, 0.05) is 38.8 Å². The van der Waals surface area contributed by atoms with E-state index in [0.29, 0.717) is 36.8 Å². The number of carbonyl (C=O) groups excluding carboxylic acids is 1. The highest BCUT2D eigenvalue weighted by molar-refractivity contribution is 5.97. The van der Waals surface area contributed by atoms with Crippen molar-refractivity contribution in [1.29, 1.82) is 0 Å². The van der Waals surface area contributed by atoms with Crippen molar-refractivity contribution in [3.63, 3.8) is 0 Å². The molecule has 2 heterocycles. The van der Waals surface area contributed by atoms with E-state index in [-0.39, 0.29) is 12.0 Å². The molecule has 4 rings (SSSR count). The molecule has 0 atom stereocenters. The fraction of sp³-hybridized carbons (Fsp3) is 0.696. The Morgan fingerprint density at radius 2 is 1.79 bits per heavy atom. The Morgan fingerprint density at radius 3 is 2.55 bits per heavy atom. The van der Waals surface area contributed by atoms with E-state index in [9.17, 15) is 4.79 Å². The molecule has 0 aromatic heterocycles. The maximum atomic E-state index is 13.2. The summed E-state index contributed by atoms with van der Waals surface area (Å²) in [5.74, 6) is 1.37. The third-order valence-electron chi connectivity index (χ3n) is 6.54. The normalized spacial score (nSPS) is 22.4. The van der Waals surface area contributed by atoms with Crippen molar-refractivity contribution in [2.45, 2.75) is 57.1 Å². The Balaban J connectivity index is 1.43. The van der Waals surface area contributed by atoms with Gasteiger partial charge in [0.05, 0.1) is 19.3 Å². The van der Waals surface area contributed by atoms with E-state index in [1.165, 1.54) is 25.7 Å². The lowest BCUT2D eigenvalue weighted by Crippen LogP contribution is -2.43. The van der Waals surface area contributed by atoms with E-state index in [0.717, 1.165) is 44.9 Å². The number of rotatable bonds is 5.